The third kappa shape index (κ3) is 5.46. The molecule has 2 atom stereocenters. The van der Waals surface area contributed by atoms with E-state index >= 15 is 0 Å². The van der Waals surface area contributed by atoms with E-state index in [1.807, 2.05) is 0 Å². The minimum atomic E-state index is -0.904. The Morgan fingerprint density at radius 2 is 2.15 bits per heavy atom. The maximum absolute atomic E-state index is 11.7. The number of alkyl carbamates (subject to hydrolysis) is 1. The maximum Gasteiger partial charge on any atom is 0.408 e. The predicted octanol–water partition coefficient (Wildman–Crippen LogP) is 0.281. The fraction of sp³-hybridized carbons (Fsp3) is 0.769. The molecule has 0 saturated carbocycles. The predicted molar refractivity (Wildman–Crippen MR) is 72.7 cm³/mol. The van der Waals surface area contributed by atoms with Crippen LogP contribution in [0.15, 0.2) is 0 Å². The van der Waals surface area contributed by atoms with Crippen molar-refractivity contribution in [3.63, 3.8) is 0 Å². The molecule has 4 N–H and O–H groups in total. The van der Waals surface area contributed by atoms with Gasteiger partial charge in [0.1, 0.15) is 11.6 Å². The lowest BCUT2D eigenvalue weighted by Crippen LogP contribution is -2.49. The van der Waals surface area contributed by atoms with Crippen molar-refractivity contribution in [2.45, 2.75) is 51.7 Å². The number of nitrogens with two attached hydrogens (primary N) is 1. The molecule has 1 rings (SSSR count). The first-order chi connectivity index (χ1) is 9.19. The van der Waals surface area contributed by atoms with Crippen LogP contribution in [0.25, 0.3) is 0 Å². The van der Waals surface area contributed by atoms with Crippen molar-refractivity contribution in [2.24, 2.45) is 11.7 Å². The highest BCUT2D eigenvalue weighted by molar-refractivity contribution is 5.86. The van der Waals surface area contributed by atoms with Gasteiger partial charge in [0.15, 0.2) is 0 Å². The lowest BCUT2D eigenvalue weighted by molar-refractivity contribution is -0.127. The van der Waals surface area contributed by atoms with Gasteiger partial charge in [-0.1, -0.05) is 0 Å². The summed E-state index contributed by atoms with van der Waals surface area (Å²) in [6.45, 7) is 5.82. The normalized spacial score (nSPS) is 20.8. The second-order valence-corrected chi connectivity index (χ2v) is 5.97. The number of rotatable bonds is 4. The third-order valence-corrected chi connectivity index (χ3v) is 2.95. The molecule has 0 bridgehead atoms. The van der Waals surface area contributed by atoms with Crippen LogP contribution in [-0.4, -0.2) is 36.1 Å². The maximum atomic E-state index is 11.7. The molecule has 1 heterocycles. The van der Waals surface area contributed by atoms with E-state index in [0.717, 1.165) is 6.42 Å². The van der Waals surface area contributed by atoms with Crippen molar-refractivity contribution in [1.82, 2.24) is 10.6 Å². The van der Waals surface area contributed by atoms with Crippen LogP contribution in [0.2, 0.25) is 0 Å². The molecule has 0 aromatic rings. The standard InChI is InChI=1S/C13H23N3O4/c1-13(2,3)20-12(19)16-9(10(14)17)7-8-5-4-6-15-11(8)18/h8-9H,4-7H2,1-3H3,(H2,14,17)(H,15,18)(H,16,19)/t8-,9?/m0/s1. The van der Waals surface area contributed by atoms with E-state index < -0.39 is 23.6 Å². The Balaban J connectivity index is 2.58. The summed E-state index contributed by atoms with van der Waals surface area (Å²) >= 11 is 0. The van der Waals surface area contributed by atoms with E-state index in [9.17, 15) is 14.4 Å². The van der Waals surface area contributed by atoms with Gasteiger partial charge in [0.05, 0.1) is 0 Å². The average Bonchev–Trinajstić information content (AvgIpc) is 2.28. The number of hydrogen-bond donors (Lipinski definition) is 3. The number of piperidine rings is 1. The van der Waals surface area contributed by atoms with Gasteiger partial charge < -0.3 is 21.1 Å². The Bertz CT molecular complexity index is 390. The lowest BCUT2D eigenvalue weighted by Gasteiger charge is -2.26. The summed E-state index contributed by atoms with van der Waals surface area (Å²) in [5, 5.41) is 5.16. The zero-order chi connectivity index (χ0) is 15.3. The summed E-state index contributed by atoms with van der Waals surface area (Å²) in [5.74, 6) is -1.08. The Labute approximate surface area is 118 Å². The minimum Gasteiger partial charge on any atom is -0.444 e. The molecular formula is C13H23N3O4. The molecule has 1 unspecified atom stereocenters. The van der Waals surface area contributed by atoms with Crippen molar-refractivity contribution < 1.29 is 19.1 Å². The lowest BCUT2D eigenvalue weighted by atomic mass is 9.91. The monoisotopic (exact) mass is 285 g/mol. The van der Waals surface area contributed by atoms with Crippen LogP contribution >= 0.6 is 0 Å². The van der Waals surface area contributed by atoms with Crippen molar-refractivity contribution in [2.75, 3.05) is 6.54 Å². The van der Waals surface area contributed by atoms with Gasteiger partial charge in [-0.25, -0.2) is 4.79 Å². The third-order valence-electron chi connectivity index (χ3n) is 2.95. The molecule has 0 radical (unpaired) electrons. The van der Waals surface area contributed by atoms with Crippen molar-refractivity contribution in [3.8, 4) is 0 Å². The van der Waals surface area contributed by atoms with Gasteiger partial charge >= 0.3 is 6.09 Å². The van der Waals surface area contributed by atoms with Crippen molar-refractivity contribution in [1.29, 1.82) is 0 Å². The fourth-order valence-corrected chi connectivity index (χ4v) is 2.04. The Kier molecular flexibility index (Phi) is 5.35. The van der Waals surface area contributed by atoms with Crippen LogP contribution < -0.4 is 16.4 Å². The molecule has 0 aromatic carbocycles. The second kappa shape index (κ2) is 6.58. The van der Waals surface area contributed by atoms with E-state index in [1.165, 1.54) is 0 Å². The quantitative estimate of drug-likeness (QED) is 0.689. The number of amides is 3. The summed E-state index contributed by atoms with van der Waals surface area (Å²) in [6.07, 6.45) is 1.03. The van der Waals surface area contributed by atoms with Gasteiger partial charge in [0.25, 0.3) is 0 Å². The summed E-state index contributed by atoms with van der Waals surface area (Å²) < 4.78 is 5.08. The molecule has 3 amide bonds. The number of carbonyl (C=O) groups is 3. The minimum absolute atomic E-state index is 0.103. The van der Waals surface area contributed by atoms with Crippen LogP contribution in [0.4, 0.5) is 4.79 Å². The SMILES string of the molecule is CC(C)(C)OC(=O)NC(C[C@@H]1CCCNC1=O)C(N)=O. The highest BCUT2D eigenvalue weighted by Crippen LogP contribution is 2.17. The number of hydrogen-bond acceptors (Lipinski definition) is 4. The Morgan fingerprint density at radius 1 is 1.50 bits per heavy atom. The van der Waals surface area contributed by atoms with Gasteiger partial charge in [-0.3, -0.25) is 9.59 Å². The van der Waals surface area contributed by atoms with Crippen molar-refractivity contribution in [3.05, 3.63) is 0 Å². The Morgan fingerprint density at radius 3 is 2.65 bits per heavy atom. The van der Waals surface area contributed by atoms with Crippen LogP contribution in [0.1, 0.15) is 40.0 Å². The van der Waals surface area contributed by atoms with Crippen LogP contribution in [-0.2, 0) is 14.3 Å². The second-order valence-electron chi connectivity index (χ2n) is 5.97. The zero-order valence-corrected chi connectivity index (χ0v) is 12.2. The summed E-state index contributed by atoms with van der Waals surface area (Å²) in [6, 6.07) is -0.904. The highest BCUT2D eigenvalue weighted by Gasteiger charge is 2.30. The van der Waals surface area contributed by atoms with E-state index in [-0.39, 0.29) is 18.2 Å². The molecule has 1 saturated heterocycles. The molecular weight excluding hydrogens is 262 g/mol. The zero-order valence-electron chi connectivity index (χ0n) is 12.2. The Hall–Kier alpha value is -1.79. The van der Waals surface area contributed by atoms with Crippen molar-refractivity contribution >= 4 is 17.9 Å². The molecule has 114 valence electrons. The molecule has 1 aliphatic heterocycles. The van der Waals surface area contributed by atoms with Crippen LogP contribution in [0.3, 0.4) is 0 Å². The molecule has 0 aliphatic carbocycles. The first kappa shape index (κ1) is 16.3. The fourth-order valence-electron chi connectivity index (χ4n) is 2.04. The molecule has 1 aliphatic rings. The van der Waals surface area contributed by atoms with Crippen LogP contribution in [0, 0.1) is 5.92 Å². The van der Waals surface area contributed by atoms with Gasteiger partial charge in [-0.2, -0.15) is 0 Å². The molecule has 0 aromatic heterocycles. The molecule has 1 fully saturated rings. The summed E-state index contributed by atoms with van der Waals surface area (Å²) in [5.41, 5.74) is 4.61. The molecule has 0 spiro atoms. The highest BCUT2D eigenvalue weighted by atomic mass is 16.6. The van der Waals surface area contributed by atoms with Crippen LogP contribution in [0.5, 0.6) is 0 Å². The van der Waals surface area contributed by atoms with E-state index in [4.69, 9.17) is 10.5 Å². The average molecular weight is 285 g/mol. The molecule has 7 heteroatoms. The van der Waals surface area contributed by atoms with Gasteiger partial charge in [0.2, 0.25) is 11.8 Å². The molecule has 7 nitrogen and oxygen atoms in total. The molecule has 20 heavy (non-hydrogen) atoms. The first-order valence-electron chi connectivity index (χ1n) is 6.75. The summed E-state index contributed by atoms with van der Waals surface area (Å²) in [4.78, 5) is 34.7. The largest absolute Gasteiger partial charge is 0.444 e. The first-order valence-corrected chi connectivity index (χ1v) is 6.75. The van der Waals surface area contributed by atoms with Gasteiger partial charge in [-0.05, 0) is 40.0 Å². The topological polar surface area (TPSA) is 111 Å². The van der Waals surface area contributed by atoms with E-state index in [2.05, 4.69) is 10.6 Å². The van der Waals surface area contributed by atoms with Gasteiger partial charge in [0, 0.05) is 12.5 Å². The van der Waals surface area contributed by atoms with Gasteiger partial charge in [-0.15, -0.1) is 0 Å². The number of nitrogens with one attached hydrogen (secondary N) is 2. The van der Waals surface area contributed by atoms with E-state index in [1.54, 1.807) is 20.8 Å². The number of primary amides is 1. The van der Waals surface area contributed by atoms with E-state index in [0.29, 0.717) is 13.0 Å². The summed E-state index contributed by atoms with van der Waals surface area (Å²) in [7, 11) is 0. The number of carbonyl (C=O) groups excluding carboxylic acids is 3. The smallest absolute Gasteiger partial charge is 0.408 e. The number of ether oxygens (including phenoxy) is 1.